The summed E-state index contributed by atoms with van der Waals surface area (Å²) in [4.78, 5) is 45.2. The number of carboxylic acids is 2. The third-order valence-electron chi connectivity index (χ3n) is 7.13. The maximum absolute atomic E-state index is 11.7. The number of likely N-dealkylation sites (tertiary alicyclic amines) is 2. The average Bonchev–Trinajstić information content (AvgIpc) is 2.62. The van der Waals surface area contributed by atoms with Crippen LogP contribution in [0, 0.1) is 10.8 Å². The van der Waals surface area contributed by atoms with E-state index in [2.05, 4.69) is 10.6 Å². The fraction of sp³-hybridized carbons (Fsp3) is 0.846. The molecular formula is C26H46N4O8. The molecule has 12 heteroatoms. The van der Waals surface area contributed by atoms with Gasteiger partial charge in [-0.25, -0.2) is 19.2 Å². The summed E-state index contributed by atoms with van der Waals surface area (Å²) in [6.45, 7) is 14.9. The van der Waals surface area contributed by atoms with Gasteiger partial charge in [0, 0.05) is 49.1 Å². The number of hydrogen-bond acceptors (Lipinski definition) is 8. The summed E-state index contributed by atoms with van der Waals surface area (Å²) in [5.41, 5.74) is 0.0507. The maximum atomic E-state index is 11.7. The number of rotatable bonds is 2. The third kappa shape index (κ3) is 8.72. The quantitative estimate of drug-likeness (QED) is 0.382. The summed E-state index contributed by atoms with van der Waals surface area (Å²) >= 11 is 0. The van der Waals surface area contributed by atoms with E-state index < -0.39 is 11.9 Å². The molecule has 0 aromatic carbocycles. The summed E-state index contributed by atoms with van der Waals surface area (Å²) in [6.07, 6.45) is 4.47. The Bertz CT molecular complexity index is 795. The Labute approximate surface area is 225 Å². The van der Waals surface area contributed by atoms with E-state index in [1.807, 2.05) is 65.4 Å². The molecule has 4 rings (SSSR count). The van der Waals surface area contributed by atoms with Crippen LogP contribution in [0.15, 0.2) is 0 Å². The number of carboxylic acid groups (broad SMARTS) is 2. The molecule has 0 aromatic rings. The number of carbonyl (C=O) groups is 4. The van der Waals surface area contributed by atoms with Crippen molar-refractivity contribution in [3.8, 4) is 0 Å². The molecule has 0 atom stereocenters. The van der Waals surface area contributed by atoms with Gasteiger partial charge in [-0.1, -0.05) is 0 Å². The second-order valence-corrected chi connectivity index (χ2v) is 13.1. The van der Waals surface area contributed by atoms with Gasteiger partial charge in [-0.3, -0.25) is 0 Å². The van der Waals surface area contributed by atoms with E-state index in [1.165, 1.54) is 25.7 Å². The molecule has 2 saturated carbocycles. The molecule has 2 aliphatic carbocycles. The van der Waals surface area contributed by atoms with Crippen molar-refractivity contribution in [2.75, 3.05) is 40.3 Å². The minimum Gasteiger partial charge on any atom is -0.473 e. The predicted molar refractivity (Wildman–Crippen MR) is 140 cm³/mol. The van der Waals surface area contributed by atoms with Crippen molar-refractivity contribution in [2.24, 2.45) is 10.8 Å². The van der Waals surface area contributed by atoms with Crippen molar-refractivity contribution in [1.29, 1.82) is 0 Å². The fourth-order valence-corrected chi connectivity index (χ4v) is 5.33. The van der Waals surface area contributed by atoms with Gasteiger partial charge in [0.1, 0.15) is 11.2 Å². The molecule has 2 amide bonds. The summed E-state index contributed by atoms with van der Waals surface area (Å²) in [5.74, 6) is -3.65. The summed E-state index contributed by atoms with van der Waals surface area (Å²) in [5, 5.41) is 21.3. The van der Waals surface area contributed by atoms with Gasteiger partial charge in [-0.2, -0.15) is 0 Å². The molecular weight excluding hydrogens is 496 g/mol. The normalized spacial score (nSPS) is 22.7. The number of nitrogens with zero attached hydrogens (tertiary/aromatic N) is 2. The summed E-state index contributed by atoms with van der Waals surface area (Å²) in [6, 6.07) is 1.31. The third-order valence-corrected chi connectivity index (χ3v) is 7.13. The molecule has 2 spiro atoms. The standard InChI is InChI=1S/2C12H22N2O2.C2H2O4/c2*1-11(2,3)16-10(15)14-7-12(8-14)5-9(6-12)13-4;3-1(4)2(5)6/h2*9,13H,5-8H2,1-4H3;(H,3,4)(H,5,6). The first-order valence-corrected chi connectivity index (χ1v) is 13.1. The van der Waals surface area contributed by atoms with Gasteiger partial charge in [0.2, 0.25) is 0 Å². The van der Waals surface area contributed by atoms with E-state index >= 15 is 0 Å². The number of aliphatic carboxylic acids is 2. The molecule has 12 nitrogen and oxygen atoms in total. The number of ether oxygens (including phenoxy) is 2. The number of amides is 2. The Kier molecular flexibility index (Phi) is 9.69. The Balaban J connectivity index is 0.000000221. The van der Waals surface area contributed by atoms with Gasteiger partial charge in [0.25, 0.3) is 0 Å². The molecule has 0 unspecified atom stereocenters. The van der Waals surface area contributed by atoms with Gasteiger partial charge >= 0.3 is 24.1 Å². The number of hydrogen-bond donors (Lipinski definition) is 4. The van der Waals surface area contributed by atoms with Gasteiger partial charge in [0.05, 0.1) is 0 Å². The van der Waals surface area contributed by atoms with Crippen molar-refractivity contribution in [3.05, 3.63) is 0 Å². The molecule has 4 N–H and O–H groups in total. The molecule has 0 radical (unpaired) electrons. The smallest absolute Gasteiger partial charge is 0.414 e. The van der Waals surface area contributed by atoms with E-state index in [-0.39, 0.29) is 23.4 Å². The molecule has 2 heterocycles. The second-order valence-electron chi connectivity index (χ2n) is 13.1. The first kappa shape index (κ1) is 31.6. The van der Waals surface area contributed by atoms with Gasteiger partial charge in [0.15, 0.2) is 0 Å². The van der Waals surface area contributed by atoms with Crippen LogP contribution in [-0.2, 0) is 19.1 Å². The molecule has 2 saturated heterocycles. The summed E-state index contributed by atoms with van der Waals surface area (Å²) < 4.78 is 10.7. The highest BCUT2D eigenvalue weighted by atomic mass is 16.6. The first-order valence-electron chi connectivity index (χ1n) is 13.1. The van der Waals surface area contributed by atoms with Crippen LogP contribution in [0.5, 0.6) is 0 Å². The lowest BCUT2D eigenvalue weighted by molar-refractivity contribution is -0.159. The largest absolute Gasteiger partial charge is 0.473 e. The lowest BCUT2D eigenvalue weighted by Gasteiger charge is -2.58. The van der Waals surface area contributed by atoms with Crippen molar-refractivity contribution in [2.45, 2.75) is 90.5 Å². The van der Waals surface area contributed by atoms with Crippen LogP contribution in [0.1, 0.15) is 67.2 Å². The molecule has 2 aliphatic heterocycles. The number of nitrogens with one attached hydrogen (secondary N) is 2. The second kappa shape index (κ2) is 11.6. The molecule has 4 aliphatic rings. The van der Waals surface area contributed by atoms with E-state index in [0.29, 0.717) is 22.9 Å². The fourth-order valence-electron chi connectivity index (χ4n) is 5.33. The van der Waals surface area contributed by atoms with Crippen molar-refractivity contribution >= 4 is 24.1 Å². The first-order chi connectivity index (χ1) is 17.3. The monoisotopic (exact) mass is 542 g/mol. The van der Waals surface area contributed by atoms with Crippen LogP contribution < -0.4 is 10.6 Å². The Morgan fingerprint density at radius 2 is 0.921 bits per heavy atom. The van der Waals surface area contributed by atoms with Crippen LogP contribution in [-0.4, -0.2) is 108 Å². The van der Waals surface area contributed by atoms with E-state index in [4.69, 9.17) is 29.3 Å². The van der Waals surface area contributed by atoms with Crippen LogP contribution in [0.25, 0.3) is 0 Å². The highest BCUT2D eigenvalue weighted by molar-refractivity contribution is 6.27. The van der Waals surface area contributed by atoms with Crippen molar-refractivity contribution < 1.29 is 38.9 Å². The Morgan fingerprint density at radius 1 is 0.658 bits per heavy atom. The average molecular weight is 543 g/mol. The SMILES string of the molecule is CNC1CC2(C1)CN(C(=O)OC(C)(C)C)C2.CNC1CC2(C1)CN(C(=O)OC(C)(C)C)C2.O=C(O)C(=O)O. The van der Waals surface area contributed by atoms with Crippen LogP contribution in [0.2, 0.25) is 0 Å². The lowest BCUT2D eigenvalue weighted by Crippen LogP contribution is -2.67. The molecule has 0 aromatic heterocycles. The molecule has 218 valence electrons. The number of carbonyl (C=O) groups excluding carboxylic acids is 2. The van der Waals surface area contributed by atoms with Crippen LogP contribution in [0.4, 0.5) is 9.59 Å². The summed E-state index contributed by atoms with van der Waals surface area (Å²) in [7, 11) is 4.00. The van der Waals surface area contributed by atoms with Gasteiger partial charge in [-0.15, -0.1) is 0 Å². The minimum atomic E-state index is -1.82. The molecule has 38 heavy (non-hydrogen) atoms. The van der Waals surface area contributed by atoms with E-state index in [0.717, 1.165) is 26.2 Å². The Morgan fingerprint density at radius 3 is 1.11 bits per heavy atom. The topological polar surface area (TPSA) is 158 Å². The lowest BCUT2D eigenvalue weighted by atomic mass is 9.61. The molecule has 0 bridgehead atoms. The van der Waals surface area contributed by atoms with Gasteiger partial charge in [-0.05, 0) is 81.3 Å². The van der Waals surface area contributed by atoms with Gasteiger partial charge < -0.3 is 40.1 Å². The zero-order valence-corrected chi connectivity index (χ0v) is 24.0. The highest BCUT2D eigenvalue weighted by Gasteiger charge is 2.54. The van der Waals surface area contributed by atoms with Crippen molar-refractivity contribution in [3.63, 3.8) is 0 Å². The highest BCUT2D eigenvalue weighted by Crippen LogP contribution is 2.49. The van der Waals surface area contributed by atoms with Crippen LogP contribution >= 0.6 is 0 Å². The van der Waals surface area contributed by atoms with E-state index in [1.54, 1.807) is 0 Å². The predicted octanol–water partition coefficient (Wildman–Crippen LogP) is 2.37. The van der Waals surface area contributed by atoms with Crippen LogP contribution in [0.3, 0.4) is 0 Å². The zero-order chi connectivity index (χ0) is 29.1. The Hall–Kier alpha value is -2.60. The van der Waals surface area contributed by atoms with Crippen molar-refractivity contribution in [1.82, 2.24) is 20.4 Å². The zero-order valence-electron chi connectivity index (χ0n) is 24.0. The molecule has 4 fully saturated rings. The van der Waals surface area contributed by atoms with E-state index in [9.17, 15) is 9.59 Å². The minimum absolute atomic E-state index is 0.161. The maximum Gasteiger partial charge on any atom is 0.414 e.